The van der Waals surface area contributed by atoms with Gasteiger partial charge in [0.2, 0.25) is 0 Å². The van der Waals surface area contributed by atoms with Crippen molar-refractivity contribution in [2.24, 2.45) is 0 Å². The quantitative estimate of drug-likeness (QED) is 0.781. The molecule has 3 nitrogen and oxygen atoms in total. The molecule has 2 rings (SSSR count). The maximum absolute atomic E-state index is 13.1. The predicted octanol–water partition coefficient (Wildman–Crippen LogP) is 1.78. The normalized spacial score (nSPS) is 21.6. The van der Waals surface area contributed by atoms with Crippen LogP contribution in [0.15, 0.2) is 18.2 Å². The number of carbonyl (C=O) groups is 1. The van der Waals surface area contributed by atoms with Gasteiger partial charge < -0.3 is 4.90 Å². The van der Waals surface area contributed by atoms with Crippen molar-refractivity contribution in [2.75, 3.05) is 33.2 Å². The van der Waals surface area contributed by atoms with Gasteiger partial charge in [0, 0.05) is 31.2 Å². The predicted molar refractivity (Wildman–Crippen MR) is 69.2 cm³/mol. The van der Waals surface area contributed by atoms with E-state index in [2.05, 4.69) is 16.7 Å². The van der Waals surface area contributed by atoms with Crippen molar-refractivity contribution < 1.29 is 13.6 Å². The van der Waals surface area contributed by atoms with E-state index in [-0.39, 0.29) is 23.9 Å². The van der Waals surface area contributed by atoms with Crippen LogP contribution in [-0.2, 0) is 0 Å². The molecule has 1 aliphatic heterocycles. The van der Waals surface area contributed by atoms with Crippen molar-refractivity contribution in [3.8, 4) is 0 Å². The summed E-state index contributed by atoms with van der Waals surface area (Å²) in [4.78, 5) is 16.3. The van der Waals surface area contributed by atoms with E-state index >= 15 is 0 Å². The highest BCUT2D eigenvalue weighted by Gasteiger charge is 2.23. The summed E-state index contributed by atoms with van der Waals surface area (Å²) in [5.74, 6) is -2.07. The van der Waals surface area contributed by atoms with Crippen LogP contribution in [0, 0.1) is 11.6 Å². The fraction of sp³-hybridized carbons (Fsp3) is 0.500. The zero-order valence-electron chi connectivity index (χ0n) is 11.2. The van der Waals surface area contributed by atoms with Crippen molar-refractivity contribution in [1.29, 1.82) is 0 Å². The lowest BCUT2D eigenvalue weighted by atomic mass is 10.1. The van der Waals surface area contributed by atoms with E-state index in [1.807, 2.05) is 7.05 Å². The number of rotatable bonds is 3. The average Bonchev–Trinajstić information content (AvgIpc) is 2.36. The molecule has 19 heavy (non-hydrogen) atoms. The molecule has 1 aliphatic rings. The van der Waals surface area contributed by atoms with Gasteiger partial charge in [0.25, 0.3) is 0 Å². The van der Waals surface area contributed by atoms with Gasteiger partial charge in [-0.1, -0.05) is 0 Å². The molecule has 0 radical (unpaired) electrons. The second kappa shape index (κ2) is 5.75. The molecule has 0 N–H and O–H groups in total. The number of Topliss-reactive ketones (excluding diaryl/α,β-unsaturated/α-hetero) is 1. The lowest BCUT2D eigenvalue weighted by Crippen LogP contribution is -2.51. The highest BCUT2D eigenvalue weighted by atomic mass is 19.2. The van der Waals surface area contributed by atoms with Crippen molar-refractivity contribution in [3.05, 3.63) is 35.4 Å². The standard InChI is InChI=1S/C14H18F2N2O/c1-10-8-17(2)5-6-18(10)9-14(19)11-3-4-12(15)13(16)7-11/h3-4,7,10H,5-6,8-9H2,1-2H3. The van der Waals surface area contributed by atoms with Crippen LogP contribution in [0.5, 0.6) is 0 Å². The minimum Gasteiger partial charge on any atom is -0.304 e. The van der Waals surface area contributed by atoms with E-state index in [1.165, 1.54) is 6.07 Å². The average molecular weight is 268 g/mol. The summed E-state index contributed by atoms with van der Waals surface area (Å²) in [6.07, 6.45) is 0. The first kappa shape index (κ1) is 14.1. The molecular weight excluding hydrogens is 250 g/mol. The first-order chi connectivity index (χ1) is 8.97. The second-order valence-corrected chi connectivity index (χ2v) is 5.13. The topological polar surface area (TPSA) is 23.6 Å². The first-order valence-corrected chi connectivity index (χ1v) is 6.38. The third-order valence-electron chi connectivity index (χ3n) is 3.56. The maximum atomic E-state index is 13.1. The van der Waals surface area contributed by atoms with Crippen molar-refractivity contribution in [2.45, 2.75) is 13.0 Å². The molecule has 1 saturated heterocycles. The Hall–Kier alpha value is -1.33. The molecule has 0 saturated carbocycles. The van der Waals surface area contributed by atoms with Gasteiger partial charge in [-0.05, 0) is 32.2 Å². The Balaban J connectivity index is 2.02. The summed E-state index contributed by atoms with van der Waals surface area (Å²) in [7, 11) is 2.05. The molecule has 0 amide bonds. The van der Waals surface area contributed by atoms with Gasteiger partial charge in [0.15, 0.2) is 17.4 Å². The van der Waals surface area contributed by atoms with Crippen molar-refractivity contribution in [1.82, 2.24) is 9.80 Å². The lowest BCUT2D eigenvalue weighted by Gasteiger charge is -2.37. The van der Waals surface area contributed by atoms with Gasteiger partial charge in [-0.15, -0.1) is 0 Å². The molecule has 0 aliphatic carbocycles. The van der Waals surface area contributed by atoms with E-state index in [0.29, 0.717) is 0 Å². The number of halogens is 2. The minimum atomic E-state index is -0.975. The van der Waals surface area contributed by atoms with Gasteiger partial charge in [0.05, 0.1) is 6.54 Å². The number of hydrogen-bond donors (Lipinski definition) is 0. The molecule has 1 fully saturated rings. The van der Waals surface area contributed by atoms with E-state index in [4.69, 9.17) is 0 Å². The Morgan fingerprint density at radius 3 is 2.68 bits per heavy atom. The van der Waals surface area contributed by atoms with E-state index < -0.39 is 11.6 Å². The summed E-state index contributed by atoms with van der Waals surface area (Å²) in [6.45, 7) is 4.95. The molecule has 1 unspecified atom stereocenters. The van der Waals surface area contributed by atoms with Crippen LogP contribution >= 0.6 is 0 Å². The van der Waals surface area contributed by atoms with Crippen LogP contribution < -0.4 is 0 Å². The highest BCUT2D eigenvalue weighted by Crippen LogP contribution is 2.12. The Kier molecular flexibility index (Phi) is 4.27. The van der Waals surface area contributed by atoms with E-state index in [0.717, 1.165) is 31.8 Å². The van der Waals surface area contributed by atoms with Gasteiger partial charge in [0.1, 0.15) is 0 Å². The van der Waals surface area contributed by atoms with Crippen LogP contribution in [-0.4, -0.2) is 54.9 Å². The number of carbonyl (C=O) groups excluding carboxylic acids is 1. The number of likely N-dealkylation sites (N-methyl/N-ethyl adjacent to an activating group) is 1. The molecule has 0 spiro atoms. The third kappa shape index (κ3) is 3.36. The number of nitrogens with zero attached hydrogens (tertiary/aromatic N) is 2. The molecule has 0 aromatic heterocycles. The van der Waals surface area contributed by atoms with Crippen LogP contribution in [0.1, 0.15) is 17.3 Å². The molecule has 1 heterocycles. The second-order valence-electron chi connectivity index (χ2n) is 5.13. The number of hydrogen-bond acceptors (Lipinski definition) is 3. The highest BCUT2D eigenvalue weighted by molar-refractivity contribution is 5.97. The number of piperazine rings is 1. The van der Waals surface area contributed by atoms with E-state index in [1.54, 1.807) is 0 Å². The molecular formula is C14H18F2N2O. The zero-order valence-corrected chi connectivity index (χ0v) is 11.2. The minimum absolute atomic E-state index is 0.171. The molecule has 104 valence electrons. The SMILES string of the molecule is CC1CN(C)CCN1CC(=O)c1ccc(F)c(F)c1. The van der Waals surface area contributed by atoms with Gasteiger partial charge in [-0.2, -0.15) is 0 Å². The van der Waals surface area contributed by atoms with Crippen molar-refractivity contribution in [3.63, 3.8) is 0 Å². The van der Waals surface area contributed by atoms with Crippen LogP contribution in [0.25, 0.3) is 0 Å². The monoisotopic (exact) mass is 268 g/mol. The maximum Gasteiger partial charge on any atom is 0.176 e. The van der Waals surface area contributed by atoms with Gasteiger partial charge in [-0.25, -0.2) is 8.78 Å². The summed E-state index contributed by atoms with van der Waals surface area (Å²) in [5, 5.41) is 0. The van der Waals surface area contributed by atoms with Crippen molar-refractivity contribution >= 4 is 5.78 Å². The first-order valence-electron chi connectivity index (χ1n) is 6.38. The van der Waals surface area contributed by atoms with Gasteiger partial charge in [-0.3, -0.25) is 9.69 Å². The Morgan fingerprint density at radius 2 is 2.05 bits per heavy atom. The van der Waals surface area contributed by atoms with Gasteiger partial charge >= 0.3 is 0 Å². The smallest absolute Gasteiger partial charge is 0.176 e. The fourth-order valence-electron chi connectivity index (χ4n) is 2.36. The Labute approximate surface area is 111 Å². The summed E-state index contributed by atoms with van der Waals surface area (Å²) >= 11 is 0. The molecule has 1 atom stereocenters. The van der Waals surface area contributed by atoms with E-state index in [9.17, 15) is 13.6 Å². The number of ketones is 1. The fourth-order valence-corrected chi connectivity index (χ4v) is 2.36. The molecule has 1 aromatic rings. The Bertz CT molecular complexity index is 479. The zero-order chi connectivity index (χ0) is 14.0. The van der Waals surface area contributed by atoms with Crippen LogP contribution in [0.2, 0.25) is 0 Å². The van der Waals surface area contributed by atoms with Crippen LogP contribution in [0.3, 0.4) is 0 Å². The number of benzene rings is 1. The molecule has 0 bridgehead atoms. The summed E-state index contributed by atoms with van der Waals surface area (Å²) in [5.41, 5.74) is 0.227. The largest absolute Gasteiger partial charge is 0.304 e. The molecule has 5 heteroatoms. The Morgan fingerprint density at radius 1 is 1.32 bits per heavy atom. The lowest BCUT2D eigenvalue weighted by molar-refractivity contribution is 0.0747. The molecule has 1 aromatic carbocycles. The summed E-state index contributed by atoms with van der Waals surface area (Å²) in [6, 6.07) is 3.59. The third-order valence-corrected chi connectivity index (χ3v) is 3.56. The summed E-state index contributed by atoms with van der Waals surface area (Å²) < 4.78 is 25.9. The van der Waals surface area contributed by atoms with Crippen LogP contribution in [0.4, 0.5) is 8.78 Å².